The van der Waals surface area contributed by atoms with Crippen LogP contribution >= 0.6 is 11.6 Å². The Kier molecular flexibility index (Phi) is 4.25. The van der Waals surface area contributed by atoms with Crippen LogP contribution in [0.15, 0.2) is 12.1 Å². The molecule has 118 valence electrons. The molecule has 1 saturated heterocycles. The number of piperidine rings is 1. The first kappa shape index (κ1) is 15.2. The quantitative estimate of drug-likeness (QED) is 0.881. The molecule has 2 aromatic rings. The van der Waals surface area contributed by atoms with Gasteiger partial charge in [0.25, 0.3) is 0 Å². The first-order valence-corrected chi connectivity index (χ1v) is 8.03. The molecule has 5 nitrogen and oxygen atoms in total. The number of hydrogen-bond acceptors (Lipinski definition) is 4. The Balaban J connectivity index is 1.72. The average Bonchev–Trinajstić information content (AvgIpc) is 2.91. The Morgan fingerprint density at radius 1 is 1.45 bits per heavy atom. The number of imidazole rings is 1. The molecule has 1 fully saturated rings. The molecule has 0 amide bonds. The lowest BCUT2D eigenvalue weighted by Gasteiger charge is -2.30. The molecule has 1 N–H and O–H groups in total. The number of nitrogens with one attached hydrogen (secondary N) is 1. The summed E-state index contributed by atoms with van der Waals surface area (Å²) < 4.78 is 5.10. The van der Waals surface area contributed by atoms with Gasteiger partial charge in [-0.2, -0.15) is 0 Å². The van der Waals surface area contributed by atoms with Crippen LogP contribution in [-0.4, -0.2) is 35.6 Å². The van der Waals surface area contributed by atoms with Crippen molar-refractivity contribution in [2.45, 2.75) is 26.7 Å². The van der Waals surface area contributed by atoms with Gasteiger partial charge in [0.05, 0.1) is 23.6 Å². The van der Waals surface area contributed by atoms with E-state index < -0.39 is 0 Å². The maximum absolute atomic E-state index is 11.8. The summed E-state index contributed by atoms with van der Waals surface area (Å²) in [6.45, 7) is 5.87. The molecule has 1 aromatic carbocycles. The smallest absolute Gasteiger partial charge is 0.309 e. The minimum absolute atomic E-state index is 0.0114. The normalized spacial score (nSPS) is 16.2. The zero-order chi connectivity index (χ0) is 15.7. The number of aromatic nitrogens is 2. The maximum Gasteiger partial charge on any atom is 0.309 e. The third-order valence-electron chi connectivity index (χ3n) is 4.16. The lowest BCUT2D eigenvalue weighted by atomic mass is 9.97. The largest absolute Gasteiger partial charge is 0.466 e. The molecule has 2 heterocycles. The number of hydrogen-bond donors (Lipinski definition) is 1. The standard InChI is InChI=1S/C16H20ClN3O2/c1-3-22-15(21)11-4-6-20(7-5-11)16-18-13-8-10(2)12(17)9-14(13)19-16/h8-9,11H,3-7H2,1-2H3,(H,18,19). The van der Waals surface area contributed by atoms with Gasteiger partial charge in [0.1, 0.15) is 0 Å². The summed E-state index contributed by atoms with van der Waals surface area (Å²) in [6.07, 6.45) is 1.60. The van der Waals surface area contributed by atoms with Gasteiger partial charge >= 0.3 is 5.97 Å². The number of anilines is 1. The number of aromatic amines is 1. The fourth-order valence-electron chi connectivity index (χ4n) is 2.86. The van der Waals surface area contributed by atoms with Gasteiger partial charge in [-0.15, -0.1) is 0 Å². The van der Waals surface area contributed by atoms with E-state index in [2.05, 4.69) is 14.9 Å². The van der Waals surface area contributed by atoms with E-state index in [1.165, 1.54) is 0 Å². The number of nitrogens with zero attached hydrogens (tertiary/aromatic N) is 2. The highest BCUT2D eigenvalue weighted by atomic mass is 35.5. The highest BCUT2D eigenvalue weighted by Gasteiger charge is 2.27. The highest BCUT2D eigenvalue weighted by molar-refractivity contribution is 6.32. The molecule has 0 atom stereocenters. The van der Waals surface area contributed by atoms with Crippen molar-refractivity contribution in [2.24, 2.45) is 5.92 Å². The van der Waals surface area contributed by atoms with E-state index in [0.29, 0.717) is 6.61 Å². The van der Waals surface area contributed by atoms with Crippen molar-refractivity contribution in [1.82, 2.24) is 9.97 Å². The zero-order valence-corrected chi connectivity index (χ0v) is 13.6. The first-order chi connectivity index (χ1) is 10.6. The minimum Gasteiger partial charge on any atom is -0.466 e. The van der Waals surface area contributed by atoms with Gasteiger partial charge in [-0.3, -0.25) is 4.79 Å². The molecule has 1 aromatic heterocycles. The Labute approximate surface area is 134 Å². The number of benzene rings is 1. The van der Waals surface area contributed by atoms with E-state index in [-0.39, 0.29) is 11.9 Å². The number of halogens is 1. The van der Waals surface area contributed by atoms with Gasteiger partial charge in [-0.25, -0.2) is 4.98 Å². The second kappa shape index (κ2) is 6.16. The molecule has 22 heavy (non-hydrogen) atoms. The van der Waals surface area contributed by atoms with E-state index in [1.807, 2.05) is 26.0 Å². The van der Waals surface area contributed by atoms with Gasteiger partial charge in [0.15, 0.2) is 0 Å². The number of aryl methyl sites for hydroxylation is 1. The average molecular weight is 322 g/mol. The summed E-state index contributed by atoms with van der Waals surface area (Å²) >= 11 is 6.15. The number of rotatable bonds is 3. The van der Waals surface area contributed by atoms with Crippen LogP contribution in [0.3, 0.4) is 0 Å². The topological polar surface area (TPSA) is 58.2 Å². The number of fused-ring (bicyclic) bond motifs is 1. The molecule has 0 unspecified atom stereocenters. The van der Waals surface area contributed by atoms with Crippen LogP contribution in [0, 0.1) is 12.8 Å². The van der Waals surface area contributed by atoms with E-state index in [9.17, 15) is 4.79 Å². The Hall–Kier alpha value is -1.75. The predicted molar refractivity (Wildman–Crippen MR) is 87.4 cm³/mol. The Morgan fingerprint density at radius 2 is 2.18 bits per heavy atom. The minimum atomic E-state index is -0.0748. The predicted octanol–water partition coefficient (Wildman–Crippen LogP) is 3.30. The van der Waals surface area contributed by atoms with Gasteiger partial charge in [0, 0.05) is 18.1 Å². The summed E-state index contributed by atoms with van der Waals surface area (Å²) in [5.41, 5.74) is 2.90. The summed E-state index contributed by atoms with van der Waals surface area (Å²) in [5, 5.41) is 0.728. The van der Waals surface area contributed by atoms with Crippen LogP contribution < -0.4 is 4.90 Å². The van der Waals surface area contributed by atoms with Crippen LogP contribution in [0.4, 0.5) is 5.95 Å². The summed E-state index contributed by atoms with van der Waals surface area (Å²) in [7, 11) is 0. The lowest BCUT2D eigenvalue weighted by Crippen LogP contribution is -2.37. The zero-order valence-electron chi connectivity index (χ0n) is 12.9. The van der Waals surface area contributed by atoms with Crippen LogP contribution in [0.5, 0.6) is 0 Å². The molecule has 0 spiro atoms. The SMILES string of the molecule is CCOC(=O)C1CCN(c2nc3cc(Cl)c(C)cc3[nH]2)CC1. The van der Waals surface area contributed by atoms with E-state index in [0.717, 1.165) is 53.5 Å². The summed E-state index contributed by atoms with van der Waals surface area (Å²) in [5.74, 6) is 0.783. The van der Waals surface area contributed by atoms with Crippen molar-refractivity contribution in [3.8, 4) is 0 Å². The third kappa shape index (κ3) is 2.90. The van der Waals surface area contributed by atoms with Crippen molar-refractivity contribution in [1.29, 1.82) is 0 Å². The van der Waals surface area contributed by atoms with Gasteiger partial charge < -0.3 is 14.6 Å². The molecular formula is C16H20ClN3O2. The van der Waals surface area contributed by atoms with Crippen molar-refractivity contribution in [3.05, 3.63) is 22.7 Å². The van der Waals surface area contributed by atoms with Crippen LogP contribution in [0.1, 0.15) is 25.3 Å². The van der Waals surface area contributed by atoms with Gasteiger partial charge in [-0.1, -0.05) is 11.6 Å². The van der Waals surface area contributed by atoms with Crippen molar-refractivity contribution < 1.29 is 9.53 Å². The second-order valence-electron chi connectivity index (χ2n) is 5.69. The fraction of sp³-hybridized carbons (Fsp3) is 0.500. The summed E-state index contributed by atoms with van der Waals surface area (Å²) in [4.78, 5) is 21.9. The van der Waals surface area contributed by atoms with E-state index in [4.69, 9.17) is 16.3 Å². The molecule has 0 saturated carbocycles. The van der Waals surface area contributed by atoms with E-state index >= 15 is 0 Å². The lowest BCUT2D eigenvalue weighted by molar-refractivity contribution is -0.148. The van der Waals surface area contributed by atoms with Crippen molar-refractivity contribution in [2.75, 3.05) is 24.6 Å². The molecule has 6 heteroatoms. The van der Waals surface area contributed by atoms with Gasteiger partial charge in [0.2, 0.25) is 5.95 Å². The number of H-pyrrole nitrogens is 1. The summed E-state index contributed by atoms with van der Waals surface area (Å²) in [6, 6.07) is 3.90. The molecular weight excluding hydrogens is 302 g/mol. The van der Waals surface area contributed by atoms with Crippen LogP contribution in [0.25, 0.3) is 11.0 Å². The molecule has 1 aliphatic heterocycles. The van der Waals surface area contributed by atoms with Gasteiger partial charge in [-0.05, 0) is 44.4 Å². The van der Waals surface area contributed by atoms with Crippen LogP contribution in [0.2, 0.25) is 5.02 Å². The number of carbonyl (C=O) groups excluding carboxylic acids is 1. The highest BCUT2D eigenvalue weighted by Crippen LogP contribution is 2.27. The van der Waals surface area contributed by atoms with Crippen LogP contribution in [-0.2, 0) is 9.53 Å². The maximum atomic E-state index is 11.8. The third-order valence-corrected chi connectivity index (χ3v) is 4.57. The van der Waals surface area contributed by atoms with Crippen molar-refractivity contribution in [3.63, 3.8) is 0 Å². The molecule has 0 radical (unpaired) electrons. The fourth-order valence-corrected chi connectivity index (χ4v) is 3.02. The van der Waals surface area contributed by atoms with E-state index in [1.54, 1.807) is 0 Å². The monoisotopic (exact) mass is 321 g/mol. The Bertz CT molecular complexity index is 651. The second-order valence-corrected chi connectivity index (χ2v) is 6.10. The van der Waals surface area contributed by atoms with Crippen molar-refractivity contribution >= 4 is 34.6 Å². The number of ether oxygens (including phenoxy) is 1. The molecule has 0 aliphatic carbocycles. The molecule has 1 aliphatic rings. The Morgan fingerprint density at radius 3 is 2.86 bits per heavy atom. The number of esters is 1. The number of carbonyl (C=O) groups is 1. The first-order valence-electron chi connectivity index (χ1n) is 7.66. The molecule has 3 rings (SSSR count). The molecule has 0 bridgehead atoms.